The van der Waals surface area contributed by atoms with Crippen molar-refractivity contribution in [2.45, 2.75) is 24.7 Å². The van der Waals surface area contributed by atoms with Gasteiger partial charge in [-0.15, -0.1) is 0 Å². The van der Waals surface area contributed by atoms with E-state index in [1.54, 1.807) is 17.9 Å². The smallest absolute Gasteiger partial charge is 0.229 e. The average molecular weight is 418 g/mol. The quantitative estimate of drug-likeness (QED) is 0.451. The van der Waals surface area contributed by atoms with Crippen molar-refractivity contribution < 1.29 is 15.0 Å². The number of nitrogens with one attached hydrogen (secondary N) is 2. The zero-order chi connectivity index (χ0) is 21.8. The summed E-state index contributed by atoms with van der Waals surface area (Å²) in [5.74, 6) is 6.39. The van der Waals surface area contributed by atoms with Gasteiger partial charge in [0.05, 0.1) is 23.9 Å². The molecule has 1 amide bonds. The highest BCUT2D eigenvalue weighted by molar-refractivity contribution is 5.88. The predicted molar refractivity (Wildman–Crippen MR) is 113 cm³/mol. The molecule has 0 bridgehead atoms. The Morgan fingerprint density at radius 2 is 1.97 bits per heavy atom. The fourth-order valence-electron chi connectivity index (χ4n) is 4.80. The van der Waals surface area contributed by atoms with Crippen LogP contribution in [-0.2, 0) is 4.79 Å². The minimum atomic E-state index is -1.15. The lowest BCUT2D eigenvalue weighted by molar-refractivity contribution is -0.132. The van der Waals surface area contributed by atoms with Crippen LogP contribution in [0.15, 0.2) is 36.7 Å². The first-order chi connectivity index (χ1) is 15.0. The molecule has 2 aromatic heterocycles. The van der Waals surface area contributed by atoms with Gasteiger partial charge in [0, 0.05) is 25.6 Å². The lowest BCUT2D eigenvalue weighted by Gasteiger charge is -2.23. The Labute approximate surface area is 178 Å². The average Bonchev–Trinajstić information content (AvgIpc) is 3.34. The van der Waals surface area contributed by atoms with Gasteiger partial charge in [-0.25, -0.2) is 15.0 Å². The molecule has 2 saturated carbocycles. The number of rotatable bonds is 3. The Morgan fingerprint density at radius 1 is 1.19 bits per heavy atom. The topological polar surface area (TPSA) is 125 Å². The summed E-state index contributed by atoms with van der Waals surface area (Å²) in [4.78, 5) is 25.9. The van der Waals surface area contributed by atoms with Gasteiger partial charge in [-0.1, -0.05) is 24.1 Å². The van der Waals surface area contributed by atoms with Crippen LogP contribution in [0.2, 0.25) is 0 Å². The molecule has 0 spiro atoms. The van der Waals surface area contributed by atoms with Crippen molar-refractivity contribution in [3.8, 4) is 11.8 Å². The van der Waals surface area contributed by atoms with Crippen LogP contribution in [-0.4, -0.2) is 61.9 Å². The second-order valence-corrected chi connectivity index (χ2v) is 7.94. The summed E-state index contributed by atoms with van der Waals surface area (Å²) in [7, 11) is 3.27. The lowest BCUT2D eigenvalue weighted by Crippen LogP contribution is -2.41. The van der Waals surface area contributed by atoms with E-state index < -0.39 is 23.7 Å². The largest absolute Gasteiger partial charge is 0.389 e. The normalized spacial score (nSPS) is 28.5. The van der Waals surface area contributed by atoms with E-state index in [1.807, 2.05) is 30.3 Å². The summed E-state index contributed by atoms with van der Waals surface area (Å²) in [5, 5.41) is 27.1. The van der Waals surface area contributed by atoms with Gasteiger partial charge in [0.25, 0.3) is 0 Å². The van der Waals surface area contributed by atoms with Crippen LogP contribution in [0.25, 0.3) is 11.2 Å². The van der Waals surface area contributed by atoms with E-state index in [0.717, 1.165) is 5.56 Å². The minimum Gasteiger partial charge on any atom is -0.389 e. The number of fused-ring (bicyclic) bond motifs is 2. The minimum absolute atomic E-state index is 0.207. The van der Waals surface area contributed by atoms with Gasteiger partial charge in [-0.05, 0) is 24.5 Å². The van der Waals surface area contributed by atoms with Crippen molar-refractivity contribution in [3.05, 3.63) is 48.0 Å². The predicted octanol–water partition coefficient (Wildman–Crippen LogP) is 0.297. The third-order valence-corrected chi connectivity index (χ3v) is 6.39. The van der Waals surface area contributed by atoms with Crippen LogP contribution >= 0.6 is 0 Å². The van der Waals surface area contributed by atoms with Gasteiger partial charge in [-0.2, -0.15) is 0 Å². The maximum atomic E-state index is 12.4. The molecule has 9 heteroatoms. The molecule has 2 aliphatic carbocycles. The number of benzene rings is 1. The Kier molecular flexibility index (Phi) is 4.43. The molecule has 2 unspecified atom stereocenters. The van der Waals surface area contributed by atoms with E-state index in [0.29, 0.717) is 29.2 Å². The molecule has 1 aromatic carbocycles. The second kappa shape index (κ2) is 7.04. The highest BCUT2D eigenvalue weighted by Gasteiger charge is 2.75. The zero-order valence-electron chi connectivity index (χ0n) is 17.1. The highest BCUT2D eigenvalue weighted by atomic mass is 16.3. The van der Waals surface area contributed by atoms with E-state index in [9.17, 15) is 15.0 Å². The van der Waals surface area contributed by atoms with Crippen molar-refractivity contribution in [3.63, 3.8) is 0 Å². The fourth-order valence-corrected chi connectivity index (χ4v) is 4.80. The summed E-state index contributed by atoms with van der Waals surface area (Å²) in [6.07, 6.45) is -0.184. The van der Waals surface area contributed by atoms with Crippen molar-refractivity contribution in [2.75, 3.05) is 19.4 Å². The van der Waals surface area contributed by atoms with Crippen molar-refractivity contribution in [2.24, 2.45) is 11.3 Å². The maximum Gasteiger partial charge on any atom is 0.229 e. The monoisotopic (exact) mass is 418 g/mol. The van der Waals surface area contributed by atoms with Crippen LogP contribution in [0.3, 0.4) is 0 Å². The molecule has 4 N–H and O–H groups in total. The zero-order valence-corrected chi connectivity index (χ0v) is 17.1. The van der Waals surface area contributed by atoms with Crippen LogP contribution in [0.1, 0.15) is 23.9 Å². The van der Waals surface area contributed by atoms with E-state index in [4.69, 9.17) is 0 Å². The van der Waals surface area contributed by atoms with Gasteiger partial charge in [0.1, 0.15) is 6.10 Å². The molecule has 31 heavy (non-hydrogen) atoms. The lowest BCUT2D eigenvalue weighted by atomic mass is 9.98. The van der Waals surface area contributed by atoms with E-state index in [2.05, 4.69) is 37.4 Å². The molecule has 3 aromatic rings. The summed E-state index contributed by atoms with van der Waals surface area (Å²) in [5.41, 5.74) is 0.901. The Bertz CT molecular complexity index is 1230. The first-order valence-electron chi connectivity index (χ1n) is 10.1. The standard InChI is InChI=1S/C22H22N6O3/c1-23-19-15-20(27-14(26-19)9-8-12-6-4-3-5-7-12)28(11-25-15)16-13-10-22(13,21(31)24-2)18(30)17(16)29/h3-7,11,13,16-18,29-30H,10H2,1-2H3,(H,24,31)(H,23,26,27)/t13?,16-,17+,18?,22-/m1/s1. The number of hydrogen-bond donors (Lipinski definition) is 4. The first-order valence-corrected chi connectivity index (χ1v) is 10.1. The molecular weight excluding hydrogens is 396 g/mol. The van der Waals surface area contributed by atoms with Crippen LogP contribution in [0.5, 0.6) is 0 Å². The number of amides is 1. The summed E-state index contributed by atoms with van der Waals surface area (Å²) < 4.78 is 1.74. The van der Waals surface area contributed by atoms with Crippen molar-refractivity contribution in [1.29, 1.82) is 0 Å². The van der Waals surface area contributed by atoms with Crippen LogP contribution < -0.4 is 10.6 Å². The third kappa shape index (κ3) is 2.80. The van der Waals surface area contributed by atoms with E-state index >= 15 is 0 Å². The molecular formula is C22H22N6O3. The van der Waals surface area contributed by atoms with Crippen molar-refractivity contribution >= 4 is 22.9 Å². The Hall–Kier alpha value is -3.48. The number of carbonyl (C=O) groups is 1. The molecule has 9 nitrogen and oxygen atoms in total. The number of anilines is 1. The third-order valence-electron chi connectivity index (χ3n) is 6.39. The number of aliphatic hydroxyl groups is 2. The van der Waals surface area contributed by atoms with Gasteiger partial charge in [0.15, 0.2) is 17.0 Å². The van der Waals surface area contributed by atoms with Crippen LogP contribution in [0.4, 0.5) is 5.82 Å². The Balaban J connectivity index is 1.58. The second-order valence-electron chi connectivity index (χ2n) is 7.94. The highest BCUT2D eigenvalue weighted by Crippen LogP contribution is 2.67. The number of aliphatic hydroxyl groups excluding tert-OH is 2. The van der Waals surface area contributed by atoms with Crippen molar-refractivity contribution in [1.82, 2.24) is 24.8 Å². The van der Waals surface area contributed by atoms with Gasteiger partial charge in [0.2, 0.25) is 11.7 Å². The maximum absolute atomic E-state index is 12.4. The molecule has 2 fully saturated rings. The number of imidazole rings is 1. The fraction of sp³-hybridized carbons (Fsp3) is 0.364. The molecule has 2 heterocycles. The first kappa shape index (κ1) is 19.5. The molecule has 0 saturated heterocycles. The summed E-state index contributed by atoms with van der Waals surface area (Å²) in [6.45, 7) is 0. The van der Waals surface area contributed by atoms with Crippen LogP contribution in [0, 0.1) is 23.2 Å². The molecule has 5 atom stereocenters. The van der Waals surface area contributed by atoms with E-state index in [1.165, 1.54) is 7.05 Å². The number of nitrogens with zero attached hydrogens (tertiary/aromatic N) is 4. The molecule has 2 aliphatic rings. The Morgan fingerprint density at radius 3 is 2.68 bits per heavy atom. The molecule has 5 rings (SSSR count). The summed E-state index contributed by atoms with van der Waals surface area (Å²) in [6, 6.07) is 9.01. The van der Waals surface area contributed by atoms with Gasteiger partial charge >= 0.3 is 0 Å². The van der Waals surface area contributed by atoms with Gasteiger partial charge < -0.3 is 25.4 Å². The number of carbonyl (C=O) groups excluding carboxylic acids is 1. The summed E-state index contributed by atoms with van der Waals surface area (Å²) >= 11 is 0. The van der Waals surface area contributed by atoms with E-state index in [-0.39, 0.29) is 11.8 Å². The number of aromatic nitrogens is 4. The molecule has 0 radical (unpaired) electrons. The van der Waals surface area contributed by atoms with Gasteiger partial charge in [-0.3, -0.25) is 4.79 Å². The molecule has 0 aliphatic heterocycles. The SMILES string of the molecule is CNC(=O)[C@]12CC1[C@@H](n1cnc3c(NC)nc(C#Cc4ccccc4)nc31)[C@H](O)C2O. The molecule has 158 valence electrons. The number of hydrogen-bond acceptors (Lipinski definition) is 7.